The van der Waals surface area contributed by atoms with E-state index >= 15 is 0 Å². The second-order valence-corrected chi connectivity index (χ2v) is 10.2. The van der Waals surface area contributed by atoms with Gasteiger partial charge < -0.3 is 9.64 Å². The van der Waals surface area contributed by atoms with Gasteiger partial charge in [0.05, 0.1) is 23.4 Å². The molecule has 5 rings (SSSR count). The number of benzene rings is 2. The molecule has 2 aromatic rings. The van der Waals surface area contributed by atoms with Crippen molar-refractivity contribution in [3.05, 3.63) is 53.6 Å². The Hall–Kier alpha value is -3.48. The molecule has 0 N–H and O–H groups in total. The first-order valence-corrected chi connectivity index (χ1v) is 12.3. The zero-order valence-electron chi connectivity index (χ0n) is 20.3. The van der Waals surface area contributed by atoms with Crippen molar-refractivity contribution in [1.82, 2.24) is 0 Å². The van der Waals surface area contributed by atoms with E-state index in [4.69, 9.17) is 4.74 Å². The average molecular weight is 475 g/mol. The van der Waals surface area contributed by atoms with E-state index in [1.807, 2.05) is 32.0 Å². The lowest BCUT2D eigenvalue weighted by Crippen LogP contribution is -2.31. The molecule has 3 amide bonds. The van der Waals surface area contributed by atoms with Gasteiger partial charge in [0.25, 0.3) is 0 Å². The Bertz CT molecular complexity index is 1200. The molecule has 35 heavy (non-hydrogen) atoms. The molecule has 4 atom stereocenters. The monoisotopic (exact) mass is 474 g/mol. The summed E-state index contributed by atoms with van der Waals surface area (Å²) in [6.07, 6.45) is 2.49. The fraction of sp³-hybridized carbons (Fsp3) is 0.429. The van der Waals surface area contributed by atoms with Crippen LogP contribution >= 0.6 is 0 Å². The topological polar surface area (TPSA) is 84.0 Å². The van der Waals surface area contributed by atoms with Crippen LogP contribution in [0, 0.1) is 37.5 Å². The maximum atomic E-state index is 13.1. The molecule has 3 fully saturated rings. The molecule has 2 aromatic carbocycles. The number of anilines is 2. The number of hydrogen-bond donors (Lipinski definition) is 0. The maximum absolute atomic E-state index is 13.1. The van der Waals surface area contributed by atoms with Crippen molar-refractivity contribution >= 4 is 35.1 Å². The lowest BCUT2D eigenvalue weighted by atomic mass is 9.76. The molecule has 2 heterocycles. The molecule has 0 spiro atoms. The number of ether oxygens (including phenoxy) is 1. The van der Waals surface area contributed by atoms with Gasteiger partial charge in [-0.15, -0.1) is 0 Å². The number of fused-ring (bicyclic) bond motifs is 1. The maximum Gasteiger partial charge on any atom is 0.316 e. The molecule has 7 nitrogen and oxygen atoms in total. The van der Waals surface area contributed by atoms with Crippen molar-refractivity contribution in [2.45, 2.75) is 46.5 Å². The summed E-state index contributed by atoms with van der Waals surface area (Å²) in [6.45, 7) is 6.27. The van der Waals surface area contributed by atoms with Crippen LogP contribution in [0.25, 0.3) is 0 Å². The number of aryl methyl sites for hydroxylation is 2. The van der Waals surface area contributed by atoms with E-state index in [0.717, 1.165) is 36.1 Å². The Labute approximate surface area is 205 Å². The second-order valence-electron chi connectivity index (χ2n) is 10.2. The van der Waals surface area contributed by atoms with Gasteiger partial charge in [-0.1, -0.05) is 31.2 Å². The minimum atomic E-state index is -0.593. The van der Waals surface area contributed by atoms with Gasteiger partial charge in [-0.05, 0) is 62.3 Å². The number of esters is 1. The van der Waals surface area contributed by atoms with Crippen LogP contribution in [-0.4, -0.2) is 30.2 Å². The third-order valence-electron chi connectivity index (χ3n) is 7.65. The minimum Gasteiger partial charge on any atom is -0.426 e. The van der Waals surface area contributed by atoms with Gasteiger partial charge in [0.15, 0.2) is 0 Å². The van der Waals surface area contributed by atoms with Crippen LogP contribution in [0.1, 0.15) is 43.7 Å². The molecular formula is C28H30N2O5. The Morgan fingerprint density at radius 3 is 2.37 bits per heavy atom. The molecule has 182 valence electrons. The van der Waals surface area contributed by atoms with Gasteiger partial charge in [-0.2, -0.15) is 0 Å². The van der Waals surface area contributed by atoms with Crippen LogP contribution in [-0.2, 0) is 19.2 Å². The number of nitrogens with zero attached hydrogens (tertiary/aromatic N) is 2. The van der Waals surface area contributed by atoms with Crippen LogP contribution in [0.15, 0.2) is 42.5 Å². The summed E-state index contributed by atoms with van der Waals surface area (Å²) in [4.78, 5) is 54.7. The lowest BCUT2D eigenvalue weighted by molar-refractivity contribution is -0.139. The summed E-state index contributed by atoms with van der Waals surface area (Å²) in [5, 5.41) is 0. The van der Waals surface area contributed by atoms with E-state index in [9.17, 15) is 19.2 Å². The Balaban J connectivity index is 1.31. The highest BCUT2D eigenvalue weighted by Gasteiger charge is 2.50. The molecule has 0 radical (unpaired) electrons. The van der Waals surface area contributed by atoms with Crippen molar-refractivity contribution in [3.63, 3.8) is 0 Å². The lowest BCUT2D eigenvalue weighted by Gasteiger charge is -2.25. The molecule has 7 heteroatoms. The normalized spacial score (nSPS) is 26.3. The number of hydrogen-bond acceptors (Lipinski definition) is 5. The van der Waals surface area contributed by atoms with E-state index in [-0.39, 0.29) is 48.3 Å². The van der Waals surface area contributed by atoms with E-state index in [1.165, 1.54) is 4.90 Å². The Kier molecular flexibility index (Phi) is 5.95. The van der Waals surface area contributed by atoms with Crippen LogP contribution < -0.4 is 14.5 Å². The summed E-state index contributed by atoms with van der Waals surface area (Å²) < 4.78 is 5.63. The van der Waals surface area contributed by atoms with Crippen molar-refractivity contribution in [1.29, 1.82) is 0 Å². The quantitative estimate of drug-likeness (QED) is 0.377. The third kappa shape index (κ3) is 4.13. The number of amides is 3. The predicted molar refractivity (Wildman–Crippen MR) is 131 cm³/mol. The molecule has 2 aliphatic heterocycles. The van der Waals surface area contributed by atoms with Crippen molar-refractivity contribution in [2.24, 2.45) is 23.7 Å². The highest BCUT2D eigenvalue weighted by atomic mass is 16.5. The largest absolute Gasteiger partial charge is 0.426 e. The minimum absolute atomic E-state index is 0.0803. The van der Waals surface area contributed by atoms with E-state index in [1.54, 1.807) is 29.2 Å². The average Bonchev–Trinajstić information content (AvgIpc) is 3.31. The smallest absolute Gasteiger partial charge is 0.316 e. The Morgan fingerprint density at radius 2 is 1.63 bits per heavy atom. The van der Waals surface area contributed by atoms with Crippen LogP contribution in [0.5, 0.6) is 5.75 Å². The zero-order valence-corrected chi connectivity index (χ0v) is 20.3. The first kappa shape index (κ1) is 23.3. The van der Waals surface area contributed by atoms with Gasteiger partial charge in [-0.3, -0.25) is 19.2 Å². The molecule has 1 aliphatic carbocycles. The second kappa shape index (κ2) is 8.95. The summed E-state index contributed by atoms with van der Waals surface area (Å²) in [7, 11) is 0. The molecule has 2 saturated heterocycles. The zero-order chi connectivity index (χ0) is 24.9. The molecular weight excluding hydrogens is 444 g/mol. The summed E-state index contributed by atoms with van der Waals surface area (Å²) in [6, 6.07) is 12.4. The summed E-state index contributed by atoms with van der Waals surface area (Å²) in [5.41, 5.74) is 3.23. The fourth-order valence-corrected chi connectivity index (χ4v) is 5.84. The molecule has 0 unspecified atom stereocenters. The summed E-state index contributed by atoms with van der Waals surface area (Å²) in [5.74, 6) is -1.37. The third-order valence-corrected chi connectivity index (χ3v) is 7.65. The van der Waals surface area contributed by atoms with Crippen molar-refractivity contribution in [2.75, 3.05) is 16.3 Å². The number of carbonyl (C=O) groups is 4. The van der Waals surface area contributed by atoms with Gasteiger partial charge in [0.2, 0.25) is 17.7 Å². The Morgan fingerprint density at radius 1 is 0.943 bits per heavy atom. The van der Waals surface area contributed by atoms with Crippen molar-refractivity contribution < 1.29 is 23.9 Å². The van der Waals surface area contributed by atoms with E-state index < -0.39 is 11.9 Å². The van der Waals surface area contributed by atoms with E-state index in [0.29, 0.717) is 11.6 Å². The van der Waals surface area contributed by atoms with Gasteiger partial charge in [-0.25, -0.2) is 4.90 Å². The van der Waals surface area contributed by atoms with Crippen LogP contribution in [0.3, 0.4) is 0 Å². The first-order chi connectivity index (χ1) is 16.7. The molecule has 0 bridgehead atoms. The first-order valence-electron chi connectivity index (χ1n) is 12.3. The van der Waals surface area contributed by atoms with E-state index in [2.05, 4.69) is 6.92 Å². The van der Waals surface area contributed by atoms with Crippen LogP contribution in [0.2, 0.25) is 0 Å². The predicted octanol–water partition coefficient (Wildman–Crippen LogP) is 4.19. The van der Waals surface area contributed by atoms with Gasteiger partial charge >= 0.3 is 5.97 Å². The highest BCUT2D eigenvalue weighted by Crippen LogP contribution is 2.42. The van der Waals surface area contributed by atoms with Crippen molar-refractivity contribution in [3.8, 4) is 5.75 Å². The summed E-state index contributed by atoms with van der Waals surface area (Å²) >= 11 is 0. The molecule has 1 saturated carbocycles. The van der Waals surface area contributed by atoms with Gasteiger partial charge in [0.1, 0.15) is 5.75 Å². The standard InChI is InChI=1S/C28H30N2O5/c1-16-10-11-22-23(12-16)27(33)30(26(22)32)20-8-5-9-21(14-20)35-28(34)19-13-24(31)29(15-19)25-17(2)6-4-7-18(25)3/h4-9,14,16,19,22-23H,10-13,15H2,1-3H3/t16-,19-,22-,23-/m1/s1. The number of carbonyl (C=O) groups excluding carboxylic acids is 4. The molecule has 3 aliphatic rings. The highest BCUT2D eigenvalue weighted by molar-refractivity contribution is 6.22. The number of para-hydroxylation sites is 1. The van der Waals surface area contributed by atoms with Crippen LogP contribution in [0.4, 0.5) is 11.4 Å². The van der Waals surface area contributed by atoms with Gasteiger partial charge in [0, 0.05) is 24.7 Å². The molecule has 0 aromatic heterocycles. The number of imide groups is 1. The fourth-order valence-electron chi connectivity index (χ4n) is 5.84. The number of rotatable bonds is 4. The SMILES string of the molecule is Cc1cccc(C)c1N1C[C@H](C(=O)Oc2cccc(N3C(=O)[C@@H]4CC[C@@H](C)C[C@H]4C3=O)c2)CC1=O.